The lowest BCUT2D eigenvalue weighted by atomic mass is 10.2. The molecule has 0 radical (unpaired) electrons. The van der Waals surface area contributed by atoms with Gasteiger partial charge in [0.25, 0.3) is 5.91 Å². The van der Waals surface area contributed by atoms with Crippen LogP contribution in [0.3, 0.4) is 0 Å². The number of carbonyl (C=O) groups is 2. The molecule has 0 bridgehead atoms. The Balaban J connectivity index is 1.41. The van der Waals surface area contributed by atoms with Crippen molar-refractivity contribution < 1.29 is 9.59 Å². The van der Waals surface area contributed by atoms with Crippen LogP contribution in [-0.4, -0.2) is 41.3 Å². The summed E-state index contributed by atoms with van der Waals surface area (Å²) in [5.41, 5.74) is 1.79. The molecule has 0 spiro atoms. The van der Waals surface area contributed by atoms with Crippen LogP contribution < -0.4 is 5.32 Å². The van der Waals surface area contributed by atoms with Gasteiger partial charge in [-0.05, 0) is 48.7 Å². The molecular formula is C22H27N3O2S. The molecule has 0 saturated carbocycles. The smallest absolute Gasteiger partial charge is 0.251 e. The van der Waals surface area contributed by atoms with E-state index < -0.39 is 0 Å². The van der Waals surface area contributed by atoms with Crippen molar-refractivity contribution in [3.8, 4) is 0 Å². The second-order valence-corrected chi connectivity index (χ2v) is 8.02. The summed E-state index contributed by atoms with van der Waals surface area (Å²) in [5.74, 6) is 0.856. The van der Waals surface area contributed by atoms with E-state index in [4.69, 9.17) is 0 Å². The van der Waals surface area contributed by atoms with Crippen LogP contribution in [0.5, 0.6) is 0 Å². The Kier molecular flexibility index (Phi) is 7.91. The van der Waals surface area contributed by atoms with Crippen molar-refractivity contribution in [3.05, 3.63) is 59.9 Å². The number of pyridine rings is 1. The van der Waals surface area contributed by atoms with Crippen LogP contribution in [0.15, 0.2) is 53.7 Å². The average molecular weight is 398 g/mol. The molecule has 0 atom stereocenters. The third-order valence-electron chi connectivity index (χ3n) is 4.83. The molecule has 5 nitrogen and oxygen atoms in total. The maximum absolute atomic E-state index is 12.3. The molecule has 6 heteroatoms. The Morgan fingerprint density at radius 3 is 2.46 bits per heavy atom. The lowest BCUT2D eigenvalue weighted by Gasteiger charge is -2.20. The summed E-state index contributed by atoms with van der Waals surface area (Å²) in [6.45, 7) is 2.08. The number of amides is 2. The van der Waals surface area contributed by atoms with Crippen molar-refractivity contribution in [1.29, 1.82) is 0 Å². The summed E-state index contributed by atoms with van der Waals surface area (Å²) in [5, 5.41) is 2.86. The van der Waals surface area contributed by atoms with E-state index in [0.29, 0.717) is 18.5 Å². The molecule has 1 N–H and O–H groups in total. The normalized spacial score (nSPS) is 14.4. The molecule has 1 aromatic carbocycles. The Labute approximate surface area is 170 Å². The number of nitrogens with zero attached hydrogens (tertiary/aromatic N) is 2. The van der Waals surface area contributed by atoms with Gasteiger partial charge in [0.05, 0.1) is 0 Å². The summed E-state index contributed by atoms with van der Waals surface area (Å²) in [4.78, 5) is 31.7. The monoisotopic (exact) mass is 397 g/mol. The van der Waals surface area contributed by atoms with Crippen LogP contribution in [-0.2, 0) is 10.5 Å². The number of thioether (sulfide) groups is 1. The molecule has 0 aliphatic carbocycles. The highest BCUT2D eigenvalue weighted by Crippen LogP contribution is 2.22. The Hall–Kier alpha value is -2.34. The van der Waals surface area contributed by atoms with Crippen molar-refractivity contribution >= 4 is 23.6 Å². The van der Waals surface area contributed by atoms with Gasteiger partial charge in [0.15, 0.2) is 0 Å². The van der Waals surface area contributed by atoms with Gasteiger partial charge in [-0.15, -0.1) is 11.8 Å². The molecule has 1 aliphatic heterocycles. The van der Waals surface area contributed by atoms with E-state index in [1.54, 1.807) is 18.0 Å². The molecule has 1 aliphatic rings. The van der Waals surface area contributed by atoms with Crippen LogP contribution >= 0.6 is 11.8 Å². The molecule has 148 valence electrons. The summed E-state index contributed by atoms with van der Waals surface area (Å²) in [7, 11) is 0. The maximum Gasteiger partial charge on any atom is 0.251 e. The van der Waals surface area contributed by atoms with E-state index in [1.165, 1.54) is 18.4 Å². The SMILES string of the molecule is O=C(NCCC(=O)N1CCCCCC1)c1ccc(SCc2cccnc2)cc1. The minimum Gasteiger partial charge on any atom is -0.352 e. The van der Waals surface area contributed by atoms with Gasteiger partial charge >= 0.3 is 0 Å². The van der Waals surface area contributed by atoms with E-state index in [0.717, 1.165) is 36.6 Å². The number of hydrogen-bond acceptors (Lipinski definition) is 4. The van der Waals surface area contributed by atoms with Crippen LogP contribution in [0.2, 0.25) is 0 Å². The number of carbonyl (C=O) groups excluding carboxylic acids is 2. The summed E-state index contributed by atoms with van der Waals surface area (Å²) in [6, 6.07) is 11.6. The number of rotatable bonds is 7. The van der Waals surface area contributed by atoms with E-state index >= 15 is 0 Å². The maximum atomic E-state index is 12.3. The van der Waals surface area contributed by atoms with Crippen LogP contribution in [0.1, 0.15) is 48.0 Å². The molecule has 1 fully saturated rings. The van der Waals surface area contributed by atoms with Crippen LogP contribution in [0, 0.1) is 0 Å². The lowest BCUT2D eigenvalue weighted by Crippen LogP contribution is -2.35. The van der Waals surface area contributed by atoms with Gasteiger partial charge in [-0.2, -0.15) is 0 Å². The summed E-state index contributed by atoms with van der Waals surface area (Å²) >= 11 is 1.71. The van der Waals surface area contributed by atoms with Gasteiger partial charge in [-0.25, -0.2) is 0 Å². The first-order valence-corrected chi connectivity index (χ1v) is 10.9. The van der Waals surface area contributed by atoms with E-state index in [-0.39, 0.29) is 11.8 Å². The first-order valence-electron chi connectivity index (χ1n) is 9.90. The first-order chi connectivity index (χ1) is 13.7. The number of benzene rings is 1. The Morgan fingerprint density at radius 2 is 1.79 bits per heavy atom. The van der Waals surface area contributed by atoms with Gasteiger partial charge in [0.1, 0.15) is 0 Å². The average Bonchev–Trinajstić information content (AvgIpc) is 3.03. The van der Waals surface area contributed by atoms with Crippen molar-refractivity contribution in [2.75, 3.05) is 19.6 Å². The third kappa shape index (κ3) is 6.37. The highest BCUT2D eigenvalue weighted by molar-refractivity contribution is 7.98. The van der Waals surface area contributed by atoms with Gasteiger partial charge < -0.3 is 10.2 Å². The van der Waals surface area contributed by atoms with Gasteiger partial charge in [0, 0.05) is 54.7 Å². The van der Waals surface area contributed by atoms with Crippen molar-refractivity contribution in [2.24, 2.45) is 0 Å². The molecule has 2 heterocycles. The molecule has 2 aromatic rings. The highest BCUT2D eigenvalue weighted by atomic mass is 32.2. The fraction of sp³-hybridized carbons (Fsp3) is 0.409. The number of hydrogen-bond donors (Lipinski definition) is 1. The van der Waals surface area contributed by atoms with E-state index in [1.807, 2.05) is 41.4 Å². The lowest BCUT2D eigenvalue weighted by molar-refractivity contribution is -0.131. The highest BCUT2D eigenvalue weighted by Gasteiger charge is 2.15. The zero-order valence-corrected chi connectivity index (χ0v) is 16.9. The minimum absolute atomic E-state index is 0.132. The van der Waals surface area contributed by atoms with E-state index in [9.17, 15) is 9.59 Å². The molecule has 0 unspecified atom stereocenters. The predicted molar refractivity (Wildman–Crippen MR) is 112 cm³/mol. The first kappa shape index (κ1) is 20.4. The van der Waals surface area contributed by atoms with Crippen molar-refractivity contribution in [3.63, 3.8) is 0 Å². The van der Waals surface area contributed by atoms with Crippen molar-refractivity contribution in [1.82, 2.24) is 15.2 Å². The molecule has 2 amide bonds. The quantitative estimate of drug-likeness (QED) is 0.720. The zero-order valence-electron chi connectivity index (χ0n) is 16.1. The third-order valence-corrected chi connectivity index (χ3v) is 5.91. The van der Waals surface area contributed by atoms with Crippen LogP contribution in [0.4, 0.5) is 0 Å². The summed E-state index contributed by atoms with van der Waals surface area (Å²) < 4.78 is 0. The Bertz CT molecular complexity index is 757. The van der Waals surface area contributed by atoms with Gasteiger partial charge in [0.2, 0.25) is 5.91 Å². The molecule has 1 aromatic heterocycles. The van der Waals surface area contributed by atoms with Crippen molar-refractivity contribution in [2.45, 2.75) is 42.8 Å². The molecule has 3 rings (SSSR count). The standard InChI is InChI=1S/C22H27N3O2S/c26-21(25-14-3-1-2-4-15-25)11-13-24-22(27)19-7-9-20(10-8-19)28-17-18-6-5-12-23-16-18/h5-10,12,16H,1-4,11,13-15,17H2,(H,24,27). The fourth-order valence-corrected chi connectivity index (χ4v) is 4.05. The largest absolute Gasteiger partial charge is 0.352 e. The number of likely N-dealkylation sites (tertiary alicyclic amines) is 1. The minimum atomic E-state index is -0.132. The van der Waals surface area contributed by atoms with Crippen LogP contribution in [0.25, 0.3) is 0 Å². The fourth-order valence-electron chi connectivity index (χ4n) is 3.22. The predicted octanol–water partition coefficient (Wildman–Crippen LogP) is 3.90. The Morgan fingerprint density at radius 1 is 1.04 bits per heavy atom. The number of nitrogens with one attached hydrogen (secondary N) is 1. The second-order valence-electron chi connectivity index (χ2n) is 6.98. The molecule has 1 saturated heterocycles. The summed E-state index contributed by atoms with van der Waals surface area (Å²) in [6.07, 6.45) is 8.58. The topological polar surface area (TPSA) is 62.3 Å². The molecular weight excluding hydrogens is 370 g/mol. The molecule has 28 heavy (non-hydrogen) atoms. The van der Waals surface area contributed by atoms with Gasteiger partial charge in [-0.1, -0.05) is 18.9 Å². The number of aromatic nitrogens is 1. The van der Waals surface area contributed by atoms with E-state index in [2.05, 4.69) is 16.4 Å². The second kappa shape index (κ2) is 10.9. The van der Waals surface area contributed by atoms with Gasteiger partial charge in [-0.3, -0.25) is 14.6 Å². The zero-order chi connectivity index (χ0) is 19.6.